The molecule has 0 saturated heterocycles. The molecule has 44 heavy (non-hydrogen) atoms. The molecule has 1 amide bonds. The fourth-order valence-corrected chi connectivity index (χ4v) is 4.94. The van der Waals surface area contributed by atoms with Crippen molar-refractivity contribution in [3.8, 4) is 22.9 Å². The third kappa shape index (κ3) is 6.65. The molecule has 0 atom stereocenters. The number of fused-ring (bicyclic) bond motifs is 1. The van der Waals surface area contributed by atoms with Gasteiger partial charge in [-0.15, -0.1) is 0 Å². The highest BCUT2D eigenvalue weighted by molar-refractivity contribution is 9.10. The Kier molecular flexibility index (Phi) is 8.81. The van der Waals surface area contributed by atoms with Crippen molar-refractivity contribution in [2.75, 3.05) is 19.0 Å². The maximum Gasteiger partial charge on any atom is 0.416 e. The molecule has 1 heterocycles. The minimum absolute atomic E-state index is 0.0614. The van der Waals surface area contributed by atoms with Crippen molar-refractivity contribution < 1.29 is 27.4 Å². The number of halogens is 4. The number of para-hydroxylation sites is 2. The predicted molar refractivity (Wildman–Crippen MR) is 165 cm³/mol. The first-order valence-corrected chi connectivity index (χ1v) is 13.9. The smallest absolute Gasteiger partial charge is 0.416 e. The van der Waals surface area contributed by atoms with Gasteiger partial charge in [-0.1, -0.05) is 42.5 Å². The van der Waals surface area contributed by atoms with Crippen LogP contribution in [0.5, 0.6) is 11.5 Å². The van der Waals surface area contributed by atoms with E-state index < -0.39 is 17.3 Å². The number of carbonyl (C=O) groups excluding carboxylic acids is 1. The highest BCUT2D eigenvalue weighted by Gasteiger charge is 2.31. The molecule has 5 rings (SSSR count). The number of hydrogen-bond donors (Lipinski definition) is 1. The molecule has 1 N–H and O–H groups in total. The van der Waals surface area contributed by atoms with Gasteiger partial charge in [0.1, 0.15) is 0 Å². The molecule has 5 aromatic rings. The van der Waals surface area contributed by atoms with Gasteiger partial charge in [0, 0.05) is 11.3 Å². The summed E-state index contributed by atoms with van der Waals surface area (Å²) in [6.45, 7) is 1.58. The molecule has 0 saturated carbocycles. The van der Waals surface area contributed by atoms with Gasteiger partial charge in [-0.3, -0.25) is 9.59 Å². The van der Waals surface area contributed by atoms with Crippen LogP contribution < -0.4 is 20.3 Å². The van der Waals surface area contributed by atoms with Crippen molar-refractivity contribution in [3.63, 3.8) is 0 Å². The van der Waals surface area contributed by atoms with Crippen molar-refractivity contribution in [1.82, 2.24) is 9.66 Å². The number of amides is 1. The summed E-state index contributed by atoms with van der Waals surface area (Å²) in [6, 6.07) is 21.6. The molecule has 4 aromatic carbocycles. The van der Waals surface area contributed by atoms with E-state index in [1.54, 1.807) is 42.5 Å². The van der Waals surface area contributed by atoms with Crippen LogP contribution in [0.2, 0.25) is 0 Å². The van der Waals surface area contributed by atoms with Crippen molar-refractivity contribution in [3.05, 3.63) is 116 Å². The minimum Gasteiger partial charge on any atom is -0.493 e. The van der Waals surface area contributed by atoms with Gasteiger partial charge < -0.3 is 14.8 Å². The number of ether oxygens (including phenoxy) is 2. The Morgan fingerprint density at radius 2 is 1.80 bits per heavy atom. The van der Waals surface area contributed by atoms with Gasteiger partial charge >= 0.3 is 6.18 Å². The van der Waals surface area contributed by atoms with Crippen molar-refractivity contribution in [1.29, 1.82) is 0 Å². The van der Waals surface area contributed by atoms with Gasteiger partial charge in [0.15, 0.2) is 23.9 Å². The van der Waals surface area contributed by atoms with E-state index in [4.69, 9.17) is 9.47 Å². The quantitative estimate of drug-likeness (QED) is 0.179. The van der Waals surface area contributed by atoms with Crippen LogP contribution in [-0.4, -0.2) is 35.5 Å². The van der Waals surface area contributed by atoms with Crippen LogP contribution in [0, 0.1) is 6.92 Å². The number of nitrogens with zero attached hydrogens (tertiary/aromatic N) is 3. The molecule has 0 spiro atoms. The molecule has 224 valence electrons. The Morgan fingerprint density at radius 1 is 1.05 bits per heavy atom. The van der Waals surface area contributed by atoms with E-state index >= 15 is 0 Å². The number of benzene rings is 4. The van der Waals surface area contributed by atoms with Gasteiger partial charge in [-0.25, -0.2) is 4.98 Å². The zero-order valence-electron chi connectivity index (χ0n) is 23.4. The molecule has 8 nitrogen and oxygen atoms in total. The lowest BCUT2D eigenvalue weighted by Crippen LogP contribution is -2.21. The standard InChI is InChI=1S/C32H24BrF3N4O4/c1-19-8-3-5-12-25(19)38-28(41)18-44-29-24(33)14-20(15-27(29)43-2)17-37-40-30(21-9-7-10-22(16-21)32(34,35)36)39-26-13-6-4-11-23(26)31(40)42/h3-17H,18H2,1-2H3,(H,38,41). The molecule has 0 aliphatic rings. The average Bonchev–Trinajstić information content (AvgIpc) is 3.00. The van der Waals surface area contributed by atoms with Crippen LogP contribution >= 0.6 is 15.9 Å². The number of methoxy groups -OCH3 is 1. The van der Waals surface area contributed by atoms with Crippen molar-refractivity contribution in [2.45, 2.75) is 13.1 Å². The van der Waals surface area contributed by atoms with E-state index in [-0.39, 0.29) is 40.8 Å². The van der Waals surface area contributed by atoms with Gasteiger partial charge in [0.2, 0.25) is 0 Å². The molecule has 1 aromatic heterocycles. The van der Waals surface area contributed by atoms with E-state index in [1.165, 1.54) is 25.5 Å². The first kappa shape index (κ1) is 30.5. The predicted octanol–water partition coefficient (Wildman–Crippen LogP) is 7.06. The summed E-state index contributed by atoms with van der Waals surface area (Å²) in [7, 11) is 1.42. The highest BCUT2D eigenvalue weighted by Crippen LogP contribution is 2.36. The normalized spacial score (nSPS) is 11.6. The number of aromatic nitrogens is 2. The molecule has 0 fully saturated rings. The van der Waals surface area contributed by atoms with Crippen LogP contribution in [0.4, 0.5) is 18.9 Å². The van der Waals surface area contributed by atoms with Crippen LogP contribution in [0.15, 0.2) is 99.3 Å². The Labute approximate surface area is 257 Å². The number of hydrogen-bond acceptors (Lipinski definition) is 6. The average molecular weight is 665 g/mol. The number of carbonyl (C=O) groups is 1. The van der Waals surface area contributed by atoms with Crippen LogP contribution in [-0.2, 0) is 11.0 Å². The second kappa shape index (κ2) is 12.7. The Balaban J connectivity index is 1.47. The second-order valence-corrected chi connectivity index (χ2v) is 10.4. The third-order valence-corrected chi connectivity index (χ3v) is 7.13. The van der Waals surface area contributed by atoms with Gasteiger partial charge in [-0.2, -0.15) is 22.9 Å². The van der Waals surface area contributed by atoms with Gasteiger partial charge in [0.05, 0.1) is 34.3 Å². The summed E-state index contributed by atoms with van der Waals surface area (Å²) in [5.41, 5.74) is 0.956. The number of rotatable bonds is 8. The topological polar surface area (TPSA) is 94.8 Å². The summed E-state index contributed by atoms with van der Waals surface area (Å²) >= 11 is 3.43. The largest absolute Gasteiger partial charge is 0.493 e. The third-order valence-electron chi connectivity index (χ3n) is 6.54. The maximum atomic E-state index is 13.5. The Hall–Kier alpha value is -4.97. The lowest BCUT2D eigenvalue weighted by Gasteiger charge is -2.14. The monoisotopic (exact) mass is 664 g/mol. The molecular weight excluding hydrogens is 641 g/mol. The number of aryl methyl sites for hydroxylation is 1. The van der Waals surface area contributed by atoms with Crippen molar-refractivity contribution >= 4 is 44.6 Å². The first-order valence-electron chi connectivity index (χ1n) is 13.1. The fraction of sp³-hybridized carbons (Fsp3) is 0.125. The van der Waals surface area contributed by atoms with Crippen LogP contribution in [0.1, 0.15) is 16.7 Å². The zero-order chi connectivity index (χ0) is 31.4. The molecule has 12 heteroatoms. The van der Waals surface area contributed by atoms with Crippen LogP contribution in [0.25, 0.3) is 22.3 Å². The van der Waals surface area contributed by atoms with Gasteiger partial charge in [0.25, 0.3) is 11.5 Å². The first-order chi connectivity index (χ1) is 21.0. The fourth-order valence-electron chi connectivity index (χ4n) is 4.37. The summed E-state index contributed by atoms with van der Waals surface area (Å²) < 4.78 is 53.0. The van der Waals surface area contributed by atoms with Gasteiger partial charge in [-0.05, 0) is 76.4 Å². The summed E-state index contributed by atoms with van der Waals surface area (Å²) in [5, 5.41) is 7.36. The molecule has 0 aliphatic heterocycles. The summed E-state index contributed by atoms with van der Waals surface area (Å²) in [4.78, 5) is 30.5. The van der Waals surface area contributed by atoms with Crippen LogP contribution in [0.3, 0.4) is 0 Å². The Bertz CT molecular complexity index is 1960. The highest BCUT2D eigenvalue weighted by atomic mass is 79.9. The molecular formula is C32H24BrF3N4O4. The number of alkyl halides is 3. The second-order valence-electron chi connectivity index (χ2n) is 9.58. The zero-order valence-corrected chi connectivity index (χ0v) is 24.9. The number of anilines is 1. The van der Waals surface area contributed by atoms with Crippen molar-refractivity contribution in [2.24, 2.45) is 5.10 Å². The summed E-state index contributed by atoms with van der Waals surface area (Å²) in [6.07, 6.45) is -3.24. The van der Waals surface area contributed by atoms with E-state index in [2.05, 4.69) is 31.3 Å². The van der Waals surface area contributed by atoms with E-state index in [1.807, 2.05) is 25.1 Å². The van der Waals surface area contributed by atoms with E-state index in [0.717, 1.165) is 22.4 Å². The Morgan fingerprint density at radius 3 is 2.55 bits per heavy atom. The van der Waals surface area contributed by atoms with E-state index in [0.29, 0.717) is 21.2 Å². The molecule has 0 unspecified atom stereocenters. The number of nitrogens with one attached hydrogen (secondary N) is 1. The molecule has 0 radical (unpaired) electrons. The molecule has 0 aliphatic carbocycles. The molecule has 0 bridgehead atoms. The maximum absolute atomic E-state index is 13.5. The van der Waals surface area contributed by atoms with E-state index in [9.17, 15) is 22.8 Å². The SMILES string of the molecule is COc1cc(C=Nn2c(-c3cccc(C(F)(F)F)c3)nc3ccccc3c2=O)cc(Br)c1OCC(=O)Nc1ccccc1C. The lowest BCUT2D eigenvalue weighted by atomic mass is 10.1. The minimum atomic E-state index is -4.59. The lowest BCUT2D eigenvalue weighted by molar-refractivity contribution is -0.137. The summed E-state index contributed by atoms with van der Waals surface area (Å²) in [5.74, 6) is 0.0938.